The van der Waals surface area contributed by atoms with Crippen molar-refractivity contribution in [1.82, 2.24) is 10.6 Å². The molecule has 0 fully saturated rings. The van der Waals surface area contributed by atoms with Crippen molar-refractivity contribution in [2.75, 3.05) is 13.1 Å². The lowest BCUT2D eigenvalue weighted by molar-refractivity contribution is -0.127. The molecule has 10 heteroatoms. The largest absolute Gasteiger partial charge is 0.508 e. The van der Waals surface area contributed by atoms with E-state index in [1.807, 2.05) is 0 Å². The zero-order valence-electron chi connectivity index (χ0n) is 14.9. The molecule has 0 unspecified atom stereocenters. The van der Waals surface area contributed by atoms with Crippen molar-refractivity contribution in [3.63, 3.8) is 0 Å². The van der Waals surface area contributed by atoms with Crippen LogP contribution in [0.2, 0.25) is 0 Å². The van der Waals surface area contributed by atoms with Crippen LogP contribution in [0.1, 0.15) is 18.9 Å². The van der Waals surface area contributed by atoms with E-state index in [1.165, 1.54) is 12.1 Å². The molecule has 0 aliphatic rings. The van der Waals surface area contributed by atoms with Gasteiger partial charge in [-0.1, -0.05) is 19.1 Å². The summed E-state index contributed by atoms with van der Waals surface area (Å²) in [5.74, 6) is -2.57. The van der Waals surface area contributed by atoms with Gasteiger partial charge in [0.1, 0.15) is 11.5 Å². The monoisotopic (exact) mass is 377 g/mol. The fourth-order valence-electron chi connectivity index (χ4n) is 2.01. The van der Waals surface area contributed by atoms with Gasteiger partial charge in [-0.05, 0) is 30.5 Å². The number of phenols is 1. The minimum atomic E-state index is -0.878. The first kappa shape index (κ1) is 21.8. The maximum atomic E-state index is 11.9. The van der Waals surface area contributed by atoms with Crippen molar-refractivity contribution in [3.8, 4) is 5.75 Å². The summed E-state index contributed by atoms with van der Waals surface area (Å²) in [6.45, 7) is 0.826. The van der Waals surface area contributed by atoms with Crippen molar-refractivity contribution in [3.05, 3.63) is 29.8 Å². The van der Waals surface area contributed by atoms with Gasteiger partial charge >= 0.3 is 0 Å². The molecule has 0 aliphatic carbocycles. The van der Waals surface area contributed by atoms with Crippen LogP contribution < -0.4 is 22.1 Å². The molecule has 0 saturated heterocycles. The SMILES string of the molecule is CCC(=NC(=O)CNC(=O)CNC(=O)[C@@H](N)Cc1ccc(O)cc1)C(N)=O. The number of carbonyl (C=O) groups is 4. The number of carbonyl (C=O) groups excluding carboxylic acids is 4. The Morgan fingerprint density at radius 3 is 2.30 bits per heavy atom. The Labute approximate surface area is 156 Å². The average molecular weight is 377 g/mol. The van der Waals surface area contributed by atoms with E-state index in [-0.39, 0.29) is 30.8 Å². The molecule has 27 heavy (non-hydrogen) atoms. The van der Waals surface area contributed by atoms with Crippen LogP contribution in [-0.4, -0.2) is 53.6 Å². The molecule has 10 nitrogen and oxygen atoms in total. The Morgan fingerprint density at radius 2 is 1.74 bits per heavy atom. The van der Waals surface area contributed by atoms with Crippen LogP contribution in [0.3, 0.4) is 0 Å². The van der Waals surface area contributed by atoms with Gasteiger partial charge in [0.2, 0.25) is 11.8 Å². The van der Waals surface area contributed by atoms with E-state index < -0.39 is 36.2 Å². The molecule has 0 heterocycles. The van der Waals surface area contributed by atoms with Gasteiger partial charge in [0, 0.05) is 0 Å². The Morgan fingerprint density at radius 1 is 1.11 bits per heavy atom. The number of nitrogens with one attached hydrogen (secondary N) is 2. The van der Waals surface area contributed by atoms with Crippen LogP contribution in [0.15, 0.2) is 29.3 Å². The maximum absolute atomic E-state index is 11.9. The molecule has 0 saturated carbocycles. The zero-order chi connectivity index (χ0) is 20.4. The number of primary amides is 1. The summed E-state index contributed by atoms with van der Waals surface area (Å²) in [6, 6.07) is 5.36. The number of nitrogens with zero attached hydrogens (tertiary/aromatic N) is 1. The summed E-state index contributed by atoms with van der Waals surface area (Å²) >= 11 is 0. The fraction of sp³-hybridized carbons (Fsp3) is 0.353. The van der Waals surface area contributed by atoms with Crippen molar-refractivity contribution in [2.24, 2.45) is 16.5 Å². The first-order valence-electron chi connectivity index (χ1n) is 8.21. The van der Waals surface area contributed by atoms with Crippen LogP contribution >= 0.6 is 0 Å². The van der Waals surface area contributed by atoms with Crippen LogP contribution in [0, 0.1) is 0 Å². The van der Waals surface area contributed by atoms with Gasteiger partial charge in [-0.2, -0.15) is 0 Å². The molecule has 0 aliphatic heterocycles. The lowest BCUT2D eigenvalue weighted by Gasteiger charge is -2.12. The predicted octanol–water partition coefficient (Wildman–Crippen LogP) is -1.64. The highest BCUT2D eigenvalue weighted by atomic mass is 16.3. The van der Waals surface area contributed by atoms with Gasteiger partial charge in [0.25, 0.3) is 11.8 Å². The molecular formula is C17H23N5O5. The third-order valence-corrected chi connectivity index (χ3v) is 3.47. The smallest absolute Gasteiger partial charge is 0.265 e. The number of aliphatic imine (C=N–C) groups is 1. The minimum absolute atomic E-state index is 0.0808. The number of nitrogens with two attached hydrogens (primary N) is 2. The number of benzene rings is 1. The summed E-state index contributed by atoms with van der Waals surface area (Å²) < 4.78 is 0. The molecule has 1 aromatic rings. The van der Waals surface area contributed by atoms with Crippen LogP contribution in [0.5, 0.6) is 5.75 Å². The summed E-state index contributed by atoms with van der Waals surface area (Å²) in [7, 11) is 0. The lowest BCUT2D eigenvalue weighted by atomic mass is 10.1. The number of phenolic OH excluding ortho intramolecular Hbond substituents is 1. The minimum Gasteiger partial charge on any atom is -0.508 e. The molecule has 1 aromatic carbocycles. The molecule has 1 rings (SSSR count). The molecule has 4 amide bonds. The van der Waals surface area contributed by atoms with E-state index in [1.54, 1.807) is 19.1 Å². The predicted molar refractivity (Wildman–Crippen MR) is 97.7 cm³/mol. The quantitative estimate of drug-likeness (QED) is 0.322. The van der Waals surface area contributed by atoms with Crippen molar-refractivity contribution in [2.45, 2.75) is 25.8 Å². The van der Waals surface area contributed by atoms with Gasteiger partial charge in [0.15, 0.2) is 0 Å². The summed E-state index contributed by atoms with van der Waals surface area (Å²) in [5.41, 5.74) is 11.5. The summed E-state index contributed by atoms with van der Waals surface area (Å²) in [5, 5.41) is 13.8. The average Bonchev–Trinajstić information content (AvgIpc) is 2.63. The number of rotatable bonds is 9. The Kier molecular flexibility index (Phi) is 8.60. The second-order valence-electron chi connectivity index (χ2n) is 5.64. The third kappa shape index (κ3) is 8.10. The first-order valence-corrected chi connectivity index (χ1v) is 8.21. The van der Waals surface area contributed by atoms with E-state index in [0.717, 1.165) is 5.56 Å². The number of hydrogen-bond donors (Lipinski definition) is 5. The van der Waals surface area contributed by atoms with Crippen LogP contribution in [0.4, 0.5) is 0 Å². The van der Waals surface area contributed by atoms with E-state index in [9.17, 15) is 24.3 Å². The molecule has 1 atom stereocenters. The van der Waals surface area contributed by atoms with E-state index in [2.05, 4.69) is 15.6 Å². The molecule has 7 N–H and O–H groups in total. The Balaban J connectivity index is 2.38. The second-order valence-corrected chi connectivity index (χ2v) is 5.64. The van der Waals surface area contributed by atoms with Gasteiger partial charge in [-0.3, -0.25) is 19.2 Å². The highest BCUT2D eigenvalue weighted by Gasteiger charge is 2.15. The van der Waals surface area contributed by atoms with E-state index in [0.29, 0.717) is 0 Å². The van der Waals surface area contributed by atoms with E-state index in [4.69, 9.17) is 11.5 Å². The normalized spacial score (nSPS) is 12.1. The fourth-order valence-corrected chi connectivity index (χ4v) is 2.01. The van der Waals surface area contributed by atoms with Gasteiger partial charge in [-0.15, -0.1) is 0 Å². The van der Waals surface area contributed by atoms with Gasteiger partial charge < -0.3 is 27.2 Å². The topological polar surface area (TPSA) is 177 Å². The van der Waals surface area contributed by atoms with Crippen LogP contribution in [0.25, 0.3) is 0 Å². The number of amides is 4. The number of aromatic hydroxyl groups is 1. The third-order valence-electron chi connectivity index (χ3n) is 3.47. The lowest BCUT2D eigenvalue weighted by Crippen LogP contribution is -2.46. The standard InChI is InChI=1S/C17H23N5O5/c1-2-13(16(19)26)22-15(25)9-20-14(24)8-21-17(27)12(18)7-10-3-5-11(23)6-4-10/h3-6,12,23H,2,7-9,18H2,1H3,(H2,19,26)(H,20,24)(H,21,27)/t12-/m0/s1. The number of hydrogen-bond acceptors (Lipinski definition) is 6. The first-order chi connectivity index (χ1) is 12.7. The summed E-state index contributed by atoms with van der Waals surface area (Å²) in [6.07, 6.45) is 0.428. The highest BCUT2D eigenvalue weighted by Crippen LogP contribution is 2.10. The zero-order valence-corrected chi connectivity index (χ0v) is 14.9. The van der Waals surface area contributed by atoms with Gasteiger partial charge in [0.05, 0.1) is 19.1 Å². The Bertz CT molecular complexity index is 730. The molecule has 0 aromatic heterocycles. The molecule has 0 bridgehead atoms. The van der Waals surface area contributed by atoms with E-state index >= 15 is 0 Å². The van der Waals surface area contributed by atoms with Gasteiger partial charge in [-0.25, -0.2) is 4.99 Å². The maximum Gasteiger partial charge on any atom is 0.265 e. The van der Waals surface area contributed by atoms with Crippen molar-refractivity contribution in [1.29, 1.82) is 0 Å². The van der Waals surface area contributed by atoms with Crippen molar-refractivity contribution >= 4 is 29.3 Å². The summed E-state index contributed by atoms with van der Waals surface area (Å²) in [4.78, 5) is 49.6. The highest BCUT2D eigenvalue weighted by molar-refractivity contribution is 6.39. The molecular weight excluding hydrogens is 354 g/mol. The Hall–Kier alpha value is -3.27. The molecule has 0 spiro atoms. The second kappa shape index (κ2) is 10.7. The molecule has 0 radical (unpaired) electrons. The van der Waals surface area contributed by atoms with Crippen molar-refractivity contribution < 1.29 is 24.3 Å². The molecule has 146 valence electrons. The van der Waals surface area contributed by atoms with Crippen LogP contribution in [-0.2, 0) is 25.6 Å².